The molecule has 3 amide bonds. The molecule has 0 unspecified atom stereocenters. The Labute approximate surface area is 166 Å². The number of urea groups is 1. The second kappa shape index (κ2) is 7.76. The summed E-state index contributed by atoms with van der Waals surface area (Å²) in [5.41, 5.74) is 1.64. The van der Waals surface area contributed by atoms with Gasteiger partial charge >= 0.3 is 6.03 Å². The maximum Gasteiger partial charge on any atom is 0.327 e. The van der Waals surface area contributed by atoms with Gasteiger partial charge in [0.1, 0.15) is 5.54 Å². The Morgan fingerprint density at radius 1 is 0.857 bits per heavy atom. The summed E-state index contributed by atoms with van der Waals surface area (Å²) in [6, 6.07) is 20.0. The fraction of sp³-hybridized carbons (Fsp3) is 0.391. The Morgan fingerprint density at radius 2 is 1.43 bits per heavy atom. The maximum absolute atomic E-state index is 13.2. The van der Waals surface area contributed by atoms with Gasteiger partial charge in [0.05, 0.1) is 6.54 Å². The lowest BCUT2D eigenvalue weighted by atomic mass is 9.86. The number of imide groups is 1. The molecule has 0 saturated carbocycles. The molecule has 2 aliphatic heterocycles. The standard InChI is InChI=1S/C23H27N3O2/c1-24-22(28)26(18-20-10-6-3-7-11-20)21(27)23(24)13-16-25(17-14-23)15-12-19-8-4-2-5-9-19/h2-11H,12-18H2,1H3. The summed E-state index contributed by atoms with van der Waals surface area (Å²) in [6.45, 7) is 3.02. The zero-order valence-electron chi connectivity index (χ0n) is 16.4. The molecule has 2 aromatic carbocycles. The summed E-state index contributed by atoms with van der Waals surface area (Å²) >= 11 is 0. The van der Waals surface area contributed by atoms with Gasteiger partial charge in [-0.2, -0.15) is 0 Å². The van der Waals surface area contributed by atoms with Crippen LogP contribution in [-0.2, 0) is 17.8 Å². The van der Waals surface area contributed by atoms with E-state index in [1.54, 1.807) is 11.9 Å². The minimum Gasteiger partial charge on any atom is -0.312 e. The highest BCUT2D eigenvalue weighted by Gasteiger charge is 2.56. The fourth-order valence-electron chi connectivity index (χ4n) is 4.38. The number of hydrogen-bond donors (Lipinski definition) is 0. The van der Waals surface area contributed by atoms with Crippen molar-refractivity contribution in [2.75, 3.05) is 26.7 Å². The molecule has 0 bridgehead atoms. The van der Waals surface area contributed by atoms with Crippen molar-refractivity contribution >= 4 is 11.9 Å². The monoisotopic (exact) mass is 377 g/mol. The Kier molecular flexibility index (Phi) is 5.18. The van der Waals surface area contributed by atoms with Crippen molar-refractivity contribution in [2.45, 2.75) is 31.3 Å². The number of carbonyl (C=O) groups is 2. The minimum atomic E-state index is -0.672. The molecule has 0 aliphatic carbocycles. The van der Waals surface area contributed by atoms with Crippen molar-refractivity contribution in [3.8, 4) is 0 Å². The predicted octanol–water partition coefficient (Wildman–Crippen LogP) is 3.16. The van der Waals surface area contributed by atoms with E-state index in [9.17, 15) is 9.59 Å². The summed E-state index contributed by atoms with van der Waals surface area (Å²) in [6.07, 6.45) is 2.42. The SMILES string of the molecule is CN1C(=O)N(Cc2ccccc2)C(=O)C12CCN(CCc1ccccc1)CC2. The highest BCUT2D eigenvalue weighted by Crippen LogP contribution is 2.36. The topological polar surface area (TPSA) is 43.9 Å². The largest absolute Gasteiger partial charge is 0.327 e. The molecule has 2 aromatic rings. The van der Waals surface area contributed by atoms with Crippen molar-refractivity contribution in [3.63, 3.8) is 0 Å². The molecule has 2 fully saturated rings. The number of hydrogen-bond acceptors (Lipinski definition) is 3. The summed E-state index contributed by atoms with van der Waals surface area (Å²) in [5.74, 6) is -0.0356. The van der Waals surface area contributed by atoms with Crippen LogP contribution in [0.4, 0.5) is 4.79 Å². The molecule has 0 aromatic heterocycles. The number of piperidine rings is 1. The molecule has 0 atom stereocenters. The van der Waals surface area contributed by atoms with Crippen LogP contribution in [0, 0.1) is 0 Å². The van der Waals surface area contributed by atoms with Crippen LogP contribution in [0.5, 0.6) is 0 Å². The first-order chi connectivity index (χ1) is 13.6. The summed E-state index contributed by atoms with van der Waals surface area (Å²) in [7, 11) is 1.78. The zero-order chi connectivity index (χ0) is 19.6. The van der Waals surface area contributed by atoms with Gasteiger partial charge in [0, 0.05) is 26.7 Å². The Bertz CT molecular complexity index is 829. The lowest BCUT2D eigenvalue weighted by Crippen LogP contribution is -2.55. The molecule has 5 heteroatoms. The quantitative estimate of drug-likeness (QED) is 0.752. The van der Waals surface area contributed by atoms with E-state index in [0.29, 0.717) is 19.4 Å². The van der Waals surface area contributed by atoms with Crippen molar-refractivity contribution in [3.05, 3.63) is 71.8 Å². The van der Waals surface area contributed by atoms with Gasteiger partial charge in [-0.1, -0.05) is 60.7 Å². The van der Waals surface area contributed by atoms with Gasteiger partial charge in [0.25, 0.3) is 5.91 Å². The van der Waals surface area contributed by atoms with Gasteiger partial charge in [-0.05, 0) is 30.4 Å². The molecular weight excluding hydrogens is 350 g/mol. The van der Waals surface area contributed by atoms with Crippen molar-refractivity contribution in [1.29, 1.82) is 0 Å². The Morgan fingerprint density at radius 3 is 2.04 bits per heavy atom. The summed E-state index contributed by atoms with van der Waals surface area (Å²) in [5, 5.41) is 0. The second-order valence-electron chi connectivity index (χ2n) is 7.83. The third-order valence-electron chi connectivity index (χ3n) is 6.23. The van der Waals surface area contributed by atoms with E-state index in [-0.39, 0.29) is 11.9 Å². The average molecular weight is 377 g/mol. The van der Waals surface area contributed by atoms with Gasteiger partial charge in [-0.15, -0.1) is 0 Å². The summed E-state index contributed by atoms with van der Waals surface area (Å²) in [4.78, 5) is 31.6. The Hall–Kier alpha value is -2.66. The molecule has 2 aliphatic rings. The number of likely N-dealkylation sites (N-methyl/N-ethyl adjacent to an activating group) is 1. The number of carbonyl (C=O) groups excluding carboxylic acids is 2. The van der Waals surface area contributed by atoms with E-state index in [4.69, 9.17) is 0 Å². The third kappa shape index (κ3) is 3.42. The third-order valence-corrected chi connectivity index (χ3v) is 6.23. The first-order valence-electron chi connectivity index (χ1n) is 10.0. The average Bonchev–Trinajstić information content (AvgIpc) is 2.91. The normalized spacial score (nSPS) is 19.6. The van der Waals surface area contributed by atoms with E-state index in [0.717, 1.165) is 31.6 Å². The lowest BCUT2D eigenvalue weighted by molar-refractivity contribution is -0.135. The van der Waals surface area contributed by atoms with Crippen molar-refractivity contribution < 1.29 is 9.59 Å². The molecule has 0 radical (unpaired) electrons. The number of nitrogens with zero attached hydrogens (tertiary/aromatic N) is 3. The molecule has 2 heterocycles. The first kappa shape index (κ1) is 18.7. The van der Waals surface area contributed by atoms with Crippen LogP contribution in [0.15, 0.2) is 60.7 Å². The highest BCUT2D eigenvalue weighted by molar-refractivity contribution is 6.06. The minimum absolute atomic E-state index is 0.0356. The molecule has 4 rings (SSSR count). The van der Waals surface area contributed by atoms with E-state index in [1.165, 1.54) is 10.5 Å². The zero-order valence-corrected chi connectivity index (χ0v) is 16.4. The van der Waals surface area contributed by atoms with Gasteiger partial charge in [0.2, 0.25) is 0 Å². The molecule has 5 nitrogen and oxygen atoms in total. The van der Waals surface area contributed by atoms with Gasteiger partial charge in [-0.3, -0.25) is 9.69 Å². The van der Waals surface area contributed by atoms with Crippen LogP contribution in [-0.4, -0.2) is 58.9 Å². The number of likely N-dealkylation sites (tertiary alicyclic amines) is 1. The van der Waals surface area contributed by atoms with Crippen LogP contribution in [0.1, 0.15) is 24.0 Å². The Balaban J connectivity index is 1.39. The molecule has 0 N–H and O–H groups in total. The van der Waals surface area contributed by atoms with Gasteiger partial charge in [-0.25, -0.2) is 4.79 Å². The van der Waals surface area contributed by atoms with E-state index < -0.39 is 5.54 Å². The molecule has 28 heavy (non-hydrogen) atoms. The molecule has 146 valence electrons. The molecule has 2 saturated heterocycles. The van der Waals surface area contributed by atoms with Crippen LogP contribution in [0.3, 0.4) is 0 Å². The van der Waals surface area contributed by atoms with Crippen molar-refractivity contribution in [2.24, 2.45) is 0 Å². The smallest absolute Gasteiger partial charge is 0.312 e. The first-order valence-corrected chi connectivity index (χ1v) is 10.0. The molecule has 1 spiro atoms. The number of benzene rings is 2. The predicted molar refractivity (Wildman–Crippen MR) is 109 cm³/mol. The second-order valence-corrected chi connectivity index (χ2v) is 7.83. The van der Waals surface area contributed by atoms with E-state index >= 15 is 0 Å². The highest BCUT2D eigenvalue weighted by atomic mass is 16.2. The van der Waals surface area contributed by atoms with Crippen LogP contribution in [0.25, 0.3) is 0 Å². The van der Waals surface area contributed by atoms with E-state index in [1.807, 2.05) is 36.4 Å². The van der Waals surface area contributed by atoms with Gasteiger partial charge < -0.3 is 9.80 Å². The van der Waals surface area contributed by atoms with Crippen LogP contribution < -0.4 is 0 Å². The van der Waals surface area contributed by atoms with Gasteiger partial charge in [0.15, 0.2) is 0 Å². The van der Waals surface area contributed by atoms with Crippen molar-refractivity contribution in [1.82, 2.24) is 14.7 Å². The number of rotatable bonds is 5. The van der Waals surface area contributed by atoms with Crippen LogP contribution in [0.2, 0.25) is 0 Å². The lowest BCUT2D eigenvalue weighted by Gasteiger charge is -2.40. The molecular formula is C23H27N3O2. The number of amides is 3. The van der Waals surface area contributed by atoms with Crippen LogP contribution >= 0.6 is 0 Å². The summed E-state index contributed by atoms with van der Waals surface area (Å²) < 4.78 is 0. The maximum atomic E-state index is 13.2. The fourth-order valence-corrected chi connectivity index (χ4v) is 4.38. The van der Waals surface area contributed by atoms with E-state index in [2.05, 4.69) is 29.2 Å².